The smallest absolute Gasteiger partial charge is 0.273 e. The first-order chi connectivity index (χ1) is 10.2. The number of amides is 1. The number of hydrogen-bond donors (Lipinski definition) is 2. The number of hydrogen-bond acceptors (Lipinski definition) is 5. The summed E-state index contributed by atoms with van der Waals surface area (Å²) in [6.45, 7) is 1.43. The van der Waals surface area contributed by atoms with Gasteiger partial charge in [0.05, 0.1) is 5.69 Å². The molecule has 7 heteroatoms. The number of nitrogens with two attached hydrogens (primary N) is 1. The van der Waals surface area contributed by atoms with Gasteiger partial charge in [0, 0.05) is 36.5 Å². The standard InChI is InChI=1S/C14H17N5OS/c15-14-16-11(7-21-14)13(20)19-5-3-9-10(4-6-19)17-18-12(9)8-1-2-8/h7-8H,1-6H2,(H2,15,16)(H,17,18). The van der Waals surface area contributed by atoms with Gasteiger partial charge in [-0.05, 0) is 24.8 Å². The molecular weight excluding hydrogens is 286 g/mol. The van der Waals surface area contributed by atoms with Gasteiger partial charge in [-0.2, -0.15) is 5.10 Å². The van der Waals surface area contributed by atoms with E-state index in [4.69, 9.17) is 5.73 Å². The van der Waals surface area contributed by atoms with Gasteiger partial charge in [0.15, 0.2) is 5.13 Å². The fourth-order valence-corrected chi connectivity index (χ4v) is 3.49. The molecule has 110 valence electrons. The summed E-state index contributed by atoms with van der Waals surface area (Å²) in [5.41, 5.74) is 9.85. The number of carbonyl (C=O) groups is 1. The third-order valence-corrected chi connectivity index (χ3v) is 4.91. The van der Waals surface area contributed by atoms with Crippen LogP contribution >= 0.6 is 11.3 Å². The Morgan fingerprint density at radius 3 is 2.90 bits per heavy atom. The maximum atomic E-state index is 12.5. The van der Waals surface area contributed by atoms with Gasteiger partial charge in [0.2, 0.25) is 0 Å². The predicted molar refractivity (Wildman–Crippen MR) is 80.4 cm³/mol. The van der Waals surface area contributed by atoms with Gasteiger partial charge >= 0.3 is 0 Å². The highest BCUT2D eigenvalue weighted by atomic mass is 32.1. The molecule has 1 saturated carbocycles. The molecule has 1 aliphatic heterocycles. The van der Waals surface area contributed by atoms with Crippen LogP contribution in [0.15, 0.2) is 5.38 Å². The molecular formula is C14H17N5OS. The lowest BCUT2D eigenvalue weighted by Gasteiger charge is -2.19. The Morgan fingerprint density at radius 2 is 2.19 bits per heavy atom. The number of fused-ring (bicyclic) bond motifs is 1. The van der Waals surface area contributed by atoms with Gasteiger partial charge in [0.1, 0.15) is 5.69 Å². The molecule has 21 heavy (non-hydrogen) atoms. The van der Waals surface area contributed by atoms with Crippen LogP contribution in [0.2, 0.25) is 0 Å². The maximum Gasteiger partial charge on any atom is 0.273 e. The van der Waals surface area contributed by atoms with E-state index in [1.807, 2.05) is 4.90 Å². The zero-order chi connectivity index (χ0) is 14.4. The van der Waals surface area contributed by atoms with Crippen molar-refractivity contribution in [3.8, 4) is 0 Å². The zero-order valence-corrected chi connectivity index (χ0v) is 12.4. The Balaban J connectivity index is 1.52. The number of thiazole rings is 1. The van der Waals surface area contributed by atoms with E-state index in [0.717, 1.165) is 19.4 Å². The fourth-order valence-electron chi connectivity index (χ4n) is 2.95. The van der Waals surface area contributed by atoms with Crippen molar-refractivity contribution in [2.45, 2.75) is 31.6 Å². The first kappa shape index (κ1) is 12.8. The second kappa shape index (κ2) is 4.84. The number of anilines is 1. The van der Waals surface area contributed by atoms with Crippen molar-refractivity contribution in [2.24, 2.45) is 0 Å². The molecule has 0 aromatic carbocycles. The molecule has 3 heterocycles. The van der Waals surface area contributed by atoms with Crippen molar-refractivity contribution in [1.29, 1.82) is 0 Å². The van der Waals surface area contributed by atoms with E-state index in [0.29, 0.717) is 23.3 Å². The van der Waals surface area contributed by atoms with Gasteiger partial charge in [-0.1, -0.05) is 0 Å². The van der Waals surface area contributed by atoms with Crippen LogP contribution in [0.4, 0.5) is 5.13 Å². The first-order valence-corrected chi connectivity index (χ1v) is 8.16. The van der Waals surface area contributed by atoms with E-state index in [1.54, 1.807) is 5.38 Å². The lowest BCUT2D eigenvalue weighted by atomic mass is 10.1. The van der Waals surface area contributed by atoms with Crippen LogP contribution < -0.4 is 5.73 Å². The number of nitrogen functional groups attached to an aromatic ring is 1. The van der Waals surface area contributed by atoms with Crippen LogP contribution in [0, 0.1) is 0 Å². The SMILES string of the molecule is Nc1nc(C(=O)N2CCc3[nH]nc(C4CC4)c3CC2)cs1. The van der Waals surface area contributed by atoms with Gasteiger partial charge in [-0.15, -0.1) is 11.3 Å². The number of nitrogens with one attached hydrogen (secondary N) is 1. The minimum Gasteiger partial charge on any atom is -0.375 e. The van der Waals surface area contributed by atoms with E-state index < -0.39 is 0 Å². The fraction of sp³-hybridized carbons (Fsp3) is 0.500. The summed E-state index contributed by atoms with van der Waals surface area (Å²) in [5.74, 6) is 0.625. The van der Waals surface area contributed by atoms with Crippen LogP contribution in [0.1, 0.15) is 46.2 Å². The van der Waals surface area contributed by atoms with Crippen LogP contribution in [0.3, 0.4) is 0 Å². The second-order valence-electron chi connectivity index (χ2n) is 5.70. The minimum absolute atomic E-state index is 0.0194. The van der Waals surface area contributed by atoms with E-state index in [1.165, 1.54) is 41.1 Å². The normalized spacial score (nSPS) is 18.4. The number of rotatable bonds is 2. The molecule has 0 atom stereocenters. The second-order valence-corrected chi connectivity index (χ2v) is 6.59. The molecule has 0 spiro atoms. The van der Waals surface area contributed by atoms with Crippen LogP contribution in [0.25, 0.3) is 0 Å². The summed E-state index contributed by atoms with van der Waals surface area (Å²) in [4.78, 5) is 18.4. The summed E-state index contributed by atoms with van der Waals surface area (Å²) >= 11 is 1.31. The van der Waals surface area contributed by atoms with E-state index in [2.05, 4.69) is 15.2 Å². The van der Waals surface area contributed by atoms with Crippen molar-refractivity contribution in [3.63, 3.8) is 0 Å². The van der Waals surface area contributed by atoms with E-state index in [-0.39, 0.29) is 5.91 Å². The highest BCUT2D eigenvalue weighted by Crippen LogP contribution is 2.41. The molecule has 4 rings (SSSR count). The summed E-state index contributed by atoms with van der Waals surface area (Å²) in [5, 5.41) is 9.82. The van der Waals surface area contributed by atoms with Crippen molar-refractivity contribution in [2.75, 3.05) is 18.8 Å². The van der Waals surface area contributed by atoms with Crippen LogP contribution in [0.5, 0.6) is 0 Å². The van der Waals surface area contributed by atoms with Crippen molar-refractivity contribution < 1.29 is 4.79 Å². The number of aromatic amines is 1. The number of nitrogens with zero attached hydrogens (tertiary/aromatic N) is 3. The lowest BCUT2D eigenvalue weighted by Crippen LogP contribution is -2.33. The monoisotopic (exact) mass is 303 g/mol. The number of aromatic nitrogens is 3. The molecule has 2 aromatic heterocycles. The minimum atomic E-state index is -0.0194. The Hall–Kier alpha value is -1.89. The molecule has 0 unspecified atom stereocenters. The predicted octanol–water partition coefficient (Wildman–Crippen LogP) is 1.57. The van der Waals surface area contributed by atoms with E-state index in [9.17, 15) is 4.79 Å². The molecule has 0 radical (unpaired) electrons. The first-order valence-electron chi connectivity index (χ1n) is 7.28. The summed E-state index contributed by atoms with van der Waals surface area (Å²) in [6, 6.07) is 0. The Labute approximate surface area is 126 Å². The molecule has 6 nitrogen and oxygen atoms in total. The largest absolute Gasteiger partial charge is 0.375 e. The Morgan fingerprint density at radius 1 is 1.38 bits per heavy atom. The quantitative estimate of drug-likeness (QED) is 0.881. The van der Waals surface area contributed by atoms with Crippen molar-refractivity contribution in [3.05, 3.63) is 28.0 Å². The Kier molecular flexibility index (Phi) is 2.95. The molecule has 2 aromatic rings. The maximum absolute atomic E-state index is 12.5. The van der Waals surface area contributed by atoms with Gasteiger partial charge in [-0.25, -0.2) is 4.98 Å². The van der Waals surface area contributed by atoms with E-state index >= 15 is 0 Å². The van der Waals surface area contributed by atoms with Gasteiger partial charge in [-0.3, -0.25) is 9.89 Å². The van der Waals surface area contributed by atoms with Crippen molar-refractivity contribution in [1.82, 2.24) is 20.1 Å². The summed E-state index contributed by atoms with van der Waals surface area (Å²) in [6.07, 6.45) is 4.21. The highest BCUT2D eigenvalue weighted by molar-refractivity contribution is 7.13. The number of carbonyl (C=O) groups excluding carboxylic acids is 1. The molecule has 1 amide bonds. The van der Waals surface area contributed by atoms with Gasteiger partial charge < -0.3 is 10.6 Å². The third kappa shape index (κ3) is 2.31. The van der Waals surface area contributed by atoms with Crippen molar-refractivity contribution >= 4 is 22.4 Å². The van der Waals surface area contributed by atoms with Crippen LogP contribution in [-0.2, 0) is 12.8 Å². The topological polar surface area (TPSA) is 87.9 Å². The molecule has 3 N–H and O–H groups in total. The average Bonchev–Trinajstić information content (AvgIpc) is 3.17. The zero-order valence-electron chi connectivity index (χ0n) is 11.6. The van der Waals surface area contributed by atoms with Gasteiger partial charge in [0.25, 0.3) is 5.91 Å². The summed E-state index contributed by atoms with van der Waals surface area (Å²) < 4.78 is 0. The Bertz CT molecular complexity index is 687. The molecule has 0 bridgehead atoms. The third-order valence-electron chi connectivity index (χ3n) is 4.24. The molecule has 0 saturated heterocycles. The van der Waals surface area contributed by atoms with Crippen LogP contribution in [-0.4, -0.2) is 39.1 Å². The average molecular weight is 303 g/mol. The highest BCUT2D eigenvalue weighted by Gasteiger charge is 2.31. The summed E-state index contributed by atoms with van der Waals surface area (Å²) in [7, 11) is 0. The number of H-pyrrole nitrogens is 1. The molecule has 1 fully saturated rings. The lowest BCUT2D eigenvalue weighted by molar-refractivity contribution is 0.0757. The molecule has 2 aliphatic rings. The molecule has 1 aliphatic carbocycles.